The zero-order valence-corrected chi connectivity index (χ0v) is 16.8. The van der Waals surface area contributed by atoms with Crippen molar-refractivity contribution < 1.29 is 40.7 Å². The van der Waals surface area contributed by atoms with E-state index in [0.717, 1.165) is 0 Å². The number of benzene rings is 2. The van der Waals surface area contributed by atoms with Crippen molar-refractivity contribution in [1.82, 2.24) is 15.5 Å². The third-order valence-corrected chi connectivity index (χ3v) is 4.83. The molecule has 6 nitrogen and oxygen atoms in total. The van der Waals surface area contributed by atoms with Crippen LogP contribution in [0.3, 0.4) is 0 Å². The second-order valence-corrected chi connectivity index (χ2v) is 7.25. The van der Waals surface area contributed by atoms with Crippen LogP contribution in [-0.2, 0) is 23.7 Å². The number of carbonyl (C=O) groups is 3. The molecule has 176 valence electrons. The van der Waals surface area contributed by atoms with Crippen molar-refractivity contribution in [2.45, 2.75) is 18.9 Å². The summed E-state index contributed by atoms with van der Waals surface area (Å²) in [5, 5.41) is 4.86. The number of carbonyl (C=O) groups excluding carboxylic acids is 3. The third kappa shape index (κ3) is 6.02. The van der Waals surface area contributed by atoms with Gasteiger partial charge in [-0.1, -0.05) is 12.1 Å². The molecule has 1 saturated heterocycles. The summed E-state index contributed by atoms with van der Waals surface area (Å²) < 4.78 is 77.7. The van der Waals surface area contributed by atoms with E-state index in [0.29, 0.717) is 30.8 Å². The van der Waals surface area contributed by atoms with Crippen molar-refractivity contribution in [1.29, 1.82) is 0 Å². The molecule has 2 aromatic carbocycles. The van der Waals surface area contributed by atoms with E-state index in [1.807, 2.05) is 0 Å². The highest BCUT2D eigenvalue weighted by molar-refractivity contribution is 5.97. The summed E-state index contributed by atoms with van der Waals surface area (Å²) in [6.07, 6.45) is -10.1. The molecule has 1 fully saturated rings. The van der Waals surface area contributed by atoms with E-state index in [1.54, 1.807) is 0 Å². The number of hydrogen-bond donors (Lipinski definition) is 2. The molecule has 0 saturated carbocycles. The average molecular weight is 473 g/mol. The largest absolute Gasteiger partial charge is 0.416 e. The molecule has 1 aliphatic rings. The van der Waals surface area contributed by atoms with Crippen molar-refractivity contribution in [2.75, 3.05) is 19.6 Å². The summed E-state index contributed by atoms with van der Waals surface area (Å²) in [6.45, 7) is 0.407. The van der Waals surface area contributed by atoms with Gasteiger partial charge in [0, 0.05) is 30.8 Å². The van der Waals surface area contributed by atoms with Crippen LogP contribution < -0.4 is 10.6 Å². The van der Waals surface area contributed by atoms with E-state index in [1.165, 1.54) is 29.2 Å². The van der Waals surface area contributed by atoms with Gasteiger partial charge in [-0.15, -0.1) is 0 Å². The predicted octanol–water partition coefficient (Wildman–Crippen LogP) is 3.23. The SMILES string of the molecule is O=C1CN(C(=O)c2ccc(CNC(=O)c3cc(C(F)(F)F)cc(C(F)(F)F)c3)cc2)CCN1. The van der Waals surface area contributed by atoms with Gasteiger partial charge in [0.05, 0.1) is 17.7 Å². The van der Waals surface area contributed by atoms with Crippen LogP contribution in [0.5, 0.6) is 0 Å². The average Bonchev–Trinajstić information content (AvgIpc) is 2.76. The summed E-state index contributed by atoms with van der Waals surface area (Å²) in [7, 11) is 0. The zero-order chi connectivity index (χ0) is 24.4. The molecule has 3 amide bonds. The van der Waals surface area contributed by atoms with Crippen LogP contribution in [0.1, 0.15) is 37.4 Å². The fourth-order valence-corrected chi connectivity index (χ4v) is 3.13. The lowest BCUT2D eigenvalue weighted by atomic mass is 10.0. The third-order valence-electron chi connectivity index (χ3n) is 4.83. The summed E-state index contributed by atoms with van der Waals surface area (Å²) in [5.41, 5.74) is -3.22. The number of alkyl halides is 6. The summed E-state index contributed by atoms with van der Waals surface area (Å²) in [6, 6.07) is 6.49. The monoisotopic (exact) mass is 473 g/mol. The smallest absolute Gasteiger partial charge is 0.353 e. The van der Waals surface area contributed by atoms with E-state index in [-0.39, 0.29) is 36.5 Å². The molecule has 0 spiro atoms. The van der Waals surface area contributed by atoms with Crippen LogP contribution in [0.15, 0.2) is 42.5 Å². The molecule has 0 atom stereocenters. The van der Waals surface area contributed by atoms with E-state index in [9.17, 15) is 40.7 Å². The number of nitrogens with zero attached hydrogens (tertiary/aromatic N) is 1. The van der Waals surface area contributed by atoms with Gasteiger partial charge in [-0.3, -0.25) is 14.4 Å². The number of hydrogen-bond acceptors (Lipinski definition) is 3. The maximum absolute atomic E-state index is 13.0. The molecular weight excluding hydrogens is 456 g/mol. The Labute approximate surface area is 183 Å². The molecule has 0 radical (unpaired) electrons. The molecule has 2 N–H and O–H groups in total. The van der Waals surface area contributed by atoms with E-state index in [2.05, 4.69) is 10.6 Å². The van der Waals surface area contributed by atoms with Crippen LogP contribution in [0.25, 0.3) is 0 Å². The Balaban J connectivity index is 1.69. The normalized spacial score (nSPS) is 14.6. The molecule has 2 aromatic rings. The van der Waals surface area contributed by atoms with Gasteiger partial charge in [-0.25, -0.2) is 0 Å². The molecule has 33 heavy (non-hydrogen) atoms. The van der Waals surface area contributed by atoms with Gasteiger partial charge in [-0.2, -0.15) is 26.3 Å². The second-order valence-electron chi connectivity index (χ2n) is 7.25. The van der Waals surface area contributed by atoms with Crippen molar-refractivity contribution >= 4 is 17.7 Å². The lowest BCUT2D eigenvalue weighted by molar-refractivity contribution is -0.143. The van der Waals surface area contributed by atoms with Crippen LogP contribution in [0.4, 0.5) is 26.3 Å². The highest BCUT2D eigenvalue weighted by Gasteiger charge is 2.37. The van der Waals surface area contributed by atoms with Crippen molar-refractivity contribution in [3.05, 3.63) is 70.3 Å². The van der Waals surface area contributed by atoms with Gasteiger partial charge in [-0.05, 0) is 35.9 Å². The Bertz CT molecular complexity index is 1030. The molecule has 1 heterocycles. The predicted molar refractivity (Wildman–Crippen MR) is 103 cm³/mol. The second kappa shape index (κ2) is 9.12. The number of piperazine rings is 1. The standard InChI is InChI=1S/C21H17F6N3O3/c22-20(23,24)15-7-14(8-16(9-15)21(25,26)27)18(32)29-10-12-1-3-13(4-2-12)19(33)30-6-5-28-17(31)11-30/h1-4,7-9H,5-6,10-11H2,(H,28,31)(H,29,32). The van der Waals surface area contributed by atoms with Crippen molar-refractivity contribution in [2.24, 2.45) is 0 Å². The molecule has 0 unspecified atom stereocenters. The Hall–Kier alpha value is -3.57. The molecule has 0 aromatic heterocycles. The minimum Gasteiger partial charge on any atom is -0.353 e. The van der Waals surface area contributed by atoms with Gasteiger partial charge in [0.1, 0.15) is 0 Å². The summed E-state index contributed by atoms with van der Waals surface area (Å²) >= 11 is 0. The Kier molecular flexibility index (Phi) is 6.65. The molecule has 0 aliphatic carbocycles. The first-order valence-corrected chi connectivity index (χ1v) is 9.57. The zero-order valence-electron chi connectivity index (χ0n) is 16.8. The maximum Gasteiger partial charge on any atom is 0.416 e. The number of halogens is 6. The van der Waals surface area contributed by atoms with Crippen LogP contribution in [0.2, 0.25) is 0 Å². The summed E-state index contributed by atoms with van der Waals surface area (Å²) in [5.74, 6) is -1.77. The minimum absolute atomic E-state index is 0.0571. The van der Waals surface area contributed by atoms with Gasteiger partial charge in [0.2, 0.25) is 5.91 Å². The number of nitrogens with one attached hydrogen (secondary N) is 2. The Morgan fingerprint density at radius 2 is 1.48 bits per heavy atom. The number of rotatable bonds is 4. The maximum atomic E-state index is 13.0. The Morgan fingerprint density at radius 3 is 2.00 bits per heavy atom. The fourth-order valence-electron chi connectivity index (χ4n) is 3.13. The molecule has 3 rings (SSSR count). The molecule has 0 bridgehead atoms. The first kappa shape index (κ1) is 24.1. The lowest BCUT2D eigenvalue weighted by Gasteiger charge is -2.26. The fraction of sp³-hybridized carbons (Fsp3) is 0.286. The first-order valence-electron chi connectivity index (χ1n) is 9.57. The molecule has 1 aliphatic heterocycles. The highest BCUT2D eigenvalue weighted by atomic mass is 19.4. The highest BCUT2D eigenvalue weighted by Crippen LogP contribution is 2.36. The van der Waals surface area contributed by atoms with E-state index >= 15 is 0 Å². The van der Waals surface area contributed by atoms with Gasteiger partial charge in [0.25, 0.3) is 11.8 Å². The van der Waals surface area contributed by atoms with Gasteiger partial charge < -0.3 is 15.5 Å². The Morgan fingerprint density at radius 1 is 0.909 bits per heavy atom. The first-order chi connectivity index (χ1) is 15.3. The van der Waals surface area contributed by atoms with E-state index < -0.39 is 35.0 Å². The van der Waals surface area contributed by atoms with Crippen LogP contribution in [0, 0.1) is 0 Å². The lowest BCUT2D eigenvalue weighted by Crippen LogP contribution is -2.49. The van der Waals surface area contributed by atoms with Crippen molar-refractivity contribution in [3.63, 3.8) is 0 Å². The topological polar surface area (TPSA) is 78.5 Å². The number of amides is 3. The van der Waals surface area contributed by atoms with Crippen LogP contribution >= 0.6 is 0 Å². The van der Waals surface area contributed by atoms with Gasteiger partial charge in [0.15, 0.2) is 0 Å². The molecular formula is C21H17F6N3O3. The molecule has 12 heteroatoms. The van der Waals surface area contributed by atoms with E-state index in [4.69, 9.17) is 0 Å². The quantitative estimate of drug-likeness (QED) is 0.670. The minimum atomic E-state index is -5.06. The summed E-state index contributed by atoms with van der Waals surface area (Å²) in [4.78, 5) is 37.4. The van der Waals surface area contributed by atoms with Crippen molar-refractivity contribution in [3.8, 4) is 0 Å². The van der Waals surface area contributed by atoms with Crippen LogP contribution in [-0.4, -0.2) is 42.3 Å². The van der Waals surface area contributed by atoms with Gasteiger partial charge >= 0.3 is 12.4 Å².